The van der Waals surface area contributed by atoms with Gasteiger partial charge in [0, 0.05) is 45.2 Å². The van der Waals surface area contributed by atoms with Gasteiger partial charge in [-0.2, -0.15) is 0 Å². The Morgan fingerprint density at radius 2 is 1.97 bits per heavy atom. The molecule has 1 saturated carbocycles. The average molecular weight is 556 g/mol. The molecule has 2 aliphatic heterocycles. The number of nitrogens with one attached hydrogen (secondary N) is 2. The zero-order chi connectivity index (χ0) is 21.5. The topological polar surface area (TPSA) is 69.2 Å². The van der Waals surface area contributed by atoms with Crippen LogP contribution in [0, 0.1) is 0 Å². The number of halogens is 1. The highest BCUT2D eigenvalue weighted by Crippen LogP contribution is 2.24. The van der Waals surface area contributed by atoms with Gasteiger partial charge in [-0.1, -0.05) is 43.2 Å². The number of fused-ring (bicyclic) bond motifs is 1. The maximum atomic E-state index is 12.2. The van der Waals surface area contributed by atoms with Gasteiger partial charge in [-0.15, -0.1) is 24.0 Å². The summed E-state index contributed by atoms with van der Waals surface area (Å²) in [6, 6.07) is 11.4. The first-order valence-corrected chi connectivity index (χ1v) is 11.9. The predicted molar refractivity (Wildman–Crippen MR) is 138 cm³/mol. The van der Waals surface area contributed by atoms with E-state index in [0.29, 0.717) is 25.0 Å². The van der Waals surface area contributed by atoms with Crippen LogP contribution in [0.2, 0.25) is 0 Å². The molecule has 3 aliphatic rings. The van der Waals surface area contributed by atoms with Crippen LogP contribution in [0.25, 0.3) is 0 Å². The first kappa shape index (κ1) is 25.2. The molecule has 2 unspecified atom stereocenters. The van der Waals surface area contributed by atoms with Crippen molar-refractivity contribution in [3.8, 4) is 0 Å². The summed E-state index contributed by atoms with van der Waals surface area (Å²) in [5.41, 5.74) is 1.34. The second-order valence-electron chi connectivity index (χ2n) is 8.87. The lowest BCUT2D eigenvalue weighted by molar-refractivity contribution is -0.121. The molecule has 1 aliphatic carbocycles. The number of likely N-dealkylation sites (tertiary alicyclic amines) is 1. The maximum Gasteiger partial charge on any atom is 0.222 e. The van der Waals surface area contributed by atoms with Crippen LogP contribution in [0.4, 0.5) is 0 Å². The van der Waals surface area contributed by atoms with Gasteiger partial charge in [0.05, 0.1) is 25.3 Å². The number of morpholine rings is 1. The summed E-state index contributed by atoms with van der Waals surface area (Å²) >= 11 is 0. The Kier molecular flexibility index (Phi) is 10.1. The van der Waals surface area contributed by atoms with E-state index in [0.717, 1.165) is 58.1 Å². The van der Waals surface area contributed by atoms with E-state index < -0.39 is 0 Å². The molecule has 7 nitrogen and oxygen atoms in total. The van der Waals surface area contributed by atoms with E-state index in [2.05, 4.69) is 57.7 Å². The standard InChI is InChI=1S/C24H37N5O2.HI/c1-2-25-24(26-13-12-23(30)27-20-10-6-7-11-20)29-17-21-22(18-29)31-15-14-28(21)16-19-8-4-3-5-9-19;/h3-5,8-9,20-22H,2,6-7,10-18H2,1H3,(H,25,26)(H,27,30);1H. The Morgan fingerprint density at radius 1 is 1.19 bits per heavy atom. The van der Waals surface area contributed by atoms with Crippen molar-refractivity contribution < 1.29 is 9.53 Å². The summed E-state index contributed by atoms with van der Waals surface area (Å²) in [4.78, 5) is 21.9. The third-order valence-corrected chi connectivity index (χ3v) is 6.60. The van der Waals surface area contributed by atoms with Gasteiger partial charge in [0.25, 0.3) is 0 Å². The molecular weight excluding hydrogens is 517 g/mol. The lowest BCUT2D eigenvalue weighted by Crippen LogP contribution is -2.50. The molecule has 1 amide bonds. The normalized spacial score (nSPS) is 24.2. The Hall–Kier alpha value is -1.39. The zero-order valence-electron chi connectivity index (χ0n) is 19.2. The summed E-state index contributed by atoms with van der Waals surface area (Å²) in [7, 11) is 0. The number of ether oxygens (including phenoxy) is 1. The number of hydrogen-bond donors (Lipinski definition) is 2. The van der Waals surface area contributed by atoms with Gasteiger partial charge in [0.1, 0.15) is 0 Å². The molecule has 0 spiro atoms. The highest BCUT2D eigenvalue weighted by Gasteiger charge is 2.41. The van der Waals surface area contributed by atoms with Gasteiger partial charge >= 0.3 is 0 Å². The fourth-order valence-corrected chi connectivity index (χ4v) is 5.00. The number of hydrogen-bond acceptors (Lipinski definition) is 4. The first-order valence-electron chi connectivity index (χ1n) is 11.9. The third kappa shape index (κ3) is 6.81. The largest absolute Gasteiger partial charge is 0.373 e. The summed E-state index contributed by atoms with van der Waals surface area (Å²) in [6.07, 6.45) is 5.35. The summed E-state index contributed by atoms with van der Waals surface area (Å²) < 4.78 is 6.12. The van der Waals surface area contributed by atoms with E-state index in [1.165, 1.54) is 18.4 Å². The molecule has 178 valence electrons. The van der Waals surface area contributed by atoms with Crippen molar-refractivity contribution in [2.24, 2.45) is 4.99 Å². The number of guanidine groups is 1. The van der Waals surface area contributed by atoms with Crippen LogP contribution >= 0.6 is 24.0 Å². The lowest BCUT2D eigenvalue weighted by Gasteiger charge is -2.36. The summed E-state index contributed by atoms with van der Waals surface area (Å²) in [5, 5.41) is 6.57. The molecule has 8 heteroatoms. The fourth-order valence-electron chi connectivity index (χ4n) is 5.00. The number of carbonyl (C=O) groups excluding carboxylic acids is 1. The van der Waals surface area contributed by atoms with Crippen LogP contribution < -0.4 is 10.6 Å². The van der Waals surface area contributed by atoms with E-state index in [4.69, 9.17) is 9.73 Å². The van der Waals surface area contributed by atoms with Crippen molar-refractivity contribution in [2.45, 2.75) is 63.8 Å². The molecule has 1 aromatic carbocycles. The van der Waals surface area contributed by atoms with Crippen LogP contribution in [0.5, 0.6) is 0 Å². The molecule has 1 aromatic rings. The van der Waals surface area contributed by atoms with Crippen LogP contribution in [0.15, 0.2) is 35.3 Å². The van der Waals surface area contributed by atoms with Crippen molar-refractivity contribution in [1.82, 2.24) is 20.4 Å². The Bertz CT molecular complexity index is 741. The molecule has 32 heavy (non-hydrogen) atoms. The van der Waals surface area contributed by atoms with Gasteiger partial charge in [-0.3, -0.25) is 14.7 Å². The van der Waals surface area contributed by atoms with Crippen LogP contribution in [-0.2, 0) is 16.1 Å². The van der Waals surface area contributed by atoms with Crippen molar-refractivity contribution >= 4 is 35.8 Å². The second-order valence-corrected chi connectivity index (χ2v) is 8.87. The minimum Gasteiger partial charge on any atom is -0.373 e. The molecule has 4 rings (SSSR count). The Balaban J connectivity index is 0.00000289. The number of amides is 1. The van der Waals surface area contributed by atoms with Crippen LogP contribution in [0.3, 0.4) is 0 Å². The summed E-state index contributed by atoms with van der Waals surface area (Å²) in [6.45, 7) is 7.84. The number of carbonyl (C=O) groups is 1. The minimum absolute atomic E-state index is 0. The predicted octanol–water partition coefficient (Wildman–Crippen LogP) is 2.60. The van der Waals surface area contributed by atoms with Crippen LogP contribution in [0.1, 0.15) is 44.6 Å². The van der Waals surface area contributed by atoms with E-state index in [9.17, 15) is 4.79 Å². The van der Waals surface area contributed by atoms with Gasteiger partial charge in [0.15, 0.2) is 5.96 Å². The Labute approximate surface area is 209 Å². The maximum absolute atomic E-state index is 12.2. The number of aliphatic imine (C=N–C) groups is 1. The van der Waals surface area contributed by atoms with Crippen molar-refractivity contribution in [2.75, 3.05) is 39.3 Å². The van der Waals surface area contributed by atoms with Crippen molar-refractivity contribution in [3.05, 3.63) is 35.9 Å². The van der Waals surface area contributed by atoms with Gasteiger partial charge in [0.2, 0.25) is 5.91 Å². The van der Waals surface area contributed by atoms with Gasteiger partial charge in [-0.25, -0.2) is 0 Å². The molecule has 2 heterocycles. The smallest absolute Gasteiger partial charge is 0.222 e. The van der Waals surface area contributed by atoms with E-state index in [1.54, 1.807) is 0 Å². The number of rotatable bonds is 7. The third-order valence-electron chi connectivity index (χ3n) is 6.60. The molecule has 0 radical (unpaired) electrons. The summed E-state index contributed by atoms with van der Waals surface area (Å²) in [5.74, 6) is 1.02. The molecule has 0 aromatic heterocycles. The molecule has 2 saturated heterocycles. The van der Waals surface area contributed by atoms with Gasteiger partial charge < -0.3 is 20.3 Å². The second kappa shape index (κ2) is 12.7. The molecule has 0 bridgehead atoms. The molecule has 2 atom stereocenters. The van der Waals surface area contributed by atoms with Crippen molar-refractivity contribution in [3.63, 3.8) is 0 Å². The first-order chi connectivity index (χ1) is 15.2. The minimum atomic E-state index is 0. The lowest BCUT2D eigenvalue weighted by atomic mass is 10.1. The molecule has 2 N–H and O–H groups in total. The zero-order valence-corrected chi connectivity index (χ0v) is 21.5. The van der Waals surface area contributed by atoms with Crippen molar-refractivity contribution in [1.29, 1.82) is 0 Å². The highest BCUT2D eigenvalue weighted by molar-refractivity contribution is 14.0. The van der Waals surface area contributed by atoms with Gasteiger partial charge in [-0.05, 0) is 25.3 Å². The Morgan fingerprint density at radius 3 is 2.72 bits per heavy atom. The number of nitrogens with zero attached hydrogens (tertiary/aromatic N) is 3. The fraction of sp³-hybridized carbons (Fsp3) is 0.667. The average Bonchev–Trinajstić information content (AvgIpc) is 3.44. The number of benzene rings is 1. The molecular formula is C24H38IN5O2. The van der Waals surface area contributed by atoms with E-state index >= 15 is 0 Å². The SMILES string of the molecule is CCNC(=NCCC(=O)NC1CCCC1)N1CC2OCCN(Cc3ccccc3)C2C1.I. The quantitative estimate of drug-likeness (QED) is 0.308. The van der Waals surface area contributed by atoms with E-state index in [-0.39, 0.29) is 36.0 Å². The monoisotopic (exact) mass is 555 g/mol. The highest BCUT2D eigenvalue weighted by atomic mass is 127. The van der Waals surface area contributed by atoms with E-state index in [1.807, 2.05) is 0 Å². The van der Waals surface area contributed by atoms with Crippen LogP contribution in [-0.4, -0.2) is 79.2 Å². The molecule has 3 fully saturated rings.